The van der Waals surface area contributed by atoms with E-state index in [0.717, 1.165) is 40.8 Å². The van der Waals surface area contributed by atoms with Gasteiger partial charge in [0.05, 0.1) is 9.79 Å². The largest absolute Gasteiger partial charge is 0.460 e. The second-order valence-electron chi connectivity index (χ2n) is 6.16. The SMILES string of the molecule is Cc1cc(S(=O)(=O)c2cc(Cl)cc(Cl)c2)cc2c3c(oc12)CCNC3.Cl. The minimum absolute atomic E-state index is 0. The topological polar surface area (TPSA) is 59.3 Å². The van der Waals surface area contributed by atoms with Crippen LogP contribution in [-0.2, 0) is 22.8 Å². The van der Waals surface area contributed by atoms with Crippen LogP contribution in [-0.4, -0.2) is 15.0 Å². The van der Waals surface area contributed by atoms with Crippen LogP contribution in [0.3, 0.4) is 0 Å². The van der Waals surface area contributed by atoms with Gasteiger partial charge in [-0.1, -0.05) is 23.2 Å². The van der Waals surface area contributed by atoms with Crippen LogP contribution in [0.1, 0.15) is 16.9 Å². The van der Waals surface area contributed by atoms with Gasteiger partial charge in [-0.05, 0) is 42.8 Å². The first kappa shape index (κ1) is 19.5. The molecule has 2 heterocycles. The number of furan rings is 1. The van der Waals surface area contributed by atoms with Gasteiger partial charge < -0.3 is 9.73 Å². The van der Waals surface area contributed by atoms with Crippen LogP contribution < -0.4 is 5.32 Å². The van der Waals surface area contributed by atoms with E-state index in [1.54, 1.807) is 12.1 Å². The molecule has 1 aromatic heterocycles. The summed E-state index contributed by atoms with van der Waals surface area (Å²) in [5.74, 6) is 0.928. The molecule has 26 heavy (non-hydrogen) atoms. The van der Waals surface area contributed by atoms with E-state index in [2.05, 4.69) is 5.32 Å². The zero-order chi connectivity index (χ0) is 17.8. The average molecular weight is 433 g/mol. The van der Waals surface area contributed by atoms with Crippen molar-refractivity contribution in [1.29, 1.82) is 0 Å². The Hall–Kier alpha value is -1.24. The lowest BCUT2D eigenvalue weighted by atomic mass is 10.0. The first-order valence-corrected chi connectivity index (χ1v) is 10.1. The Bertz CT molecular complexity index is 1090. The lowest BCUT2D eigenvalue weighted by Gasteiger charge is -2.11. The molecule has 0 bridgehead atoms. The van der Waals surface area contributed by atoms with Crippen LogP contribution in [0, 0.1) is 6.92 Å². The summed E-state index contributed by atoms with van der Waals surface area (Å²) in [6.07, 6.45) is 0.801. The molecular formula is C18H16Cl3NO3S. The van der Waals surface area contributed by atoms with Crippen molar-refractivity contribution in [3.05, 3.63) is 57.3 Å². The monoisotopic (exact) mass is 431 g/mol. The number of halogens is 3. The van der Waals surface area contributed by atoms with E-state index in [1.165, 1.54) is 18.2 Å². The Balaban J connectivity index is 0.00000196. The molecule has 0 fully saturated rings. The fraction of sp³-hybridized carbons (Fsp3) is 0.222. The molecular weight excluding hydrogens is 417 g/mol. The highest BCUT2D eigenvalue weighted by atomic mass is 35.5. The number of nitrogens with one attached hydrogen (secondary N) is 1. The second kappa shape index (κ2) is 7.06. The normalized spacial score (nSPS) is 14.1. The summed E-state index contributed by atoms with van der Waals surface area (Å²) in [7, 11) is -3.73. The van der Waals surface area contributed by atoms with Gasteiger partial charge in [0.25, 0.3) is 0 Å². The third-order valence-electron chi connectivity index (χ3n) is 4.42. The van der Waals surface area contributed by atoms with E-state index < -0.39 is 9.84 Å². The van der Waals surface area contributed by atoms with Gasteiger partial charge in [0.1, 0.15) is 11.3 Å². The number of rotatable bonds is 2. The third kappa shape index (κ3) is 3.23. The van der Waals surface area contributed by atoms with Gasteiger partial charge in [-0.25, -0.2) is 8.42 Å². The highest BCUT2D eigenvalue weighted by Gasteiger charge is 2.24. The quantitative estimate of drug-likeness (QED) is 0.622. The van der Waals surface area contributed by atoms with Gasteiger partial charge in [-0.3, -0.25) is 0 Å². The van der Waals surface area contributed by atoms with Crippen LogP contribution in [0.5, 0.6) is 0 Å². The number of hydrogen-bond donors (Lipinski definition) is 1. The Morgan fingerprint density at radius 3 is 2.38 bits per heavy atom. The van der Waals surface area contributed by atoms with E-state index in [9.17, 15) is 8.42 Å². The smallest absolute Gasteiger partial charge is 0.206 e. The molecule has 1 N–H and O–H groups in total. The van der Waals surface area contributed by atoms with Gasteiger partial charge in [0.2, 0.25) is 9.84 Å². The molecule has 0 radical (unpaired) electrons. The molecule has 0 unspecified atom stereocenters. The zero-order valence-electron chi connectivity index (χ0n) is 13.8. The lowest BCUT2D eigenvalue weighted by Crippen LogP contribution is -2.22. The van der Waals surface area contributed by atoms with Crippen LogP contribution in [0.25, 0.3) is 11.0 Å². The number of hydrogen-bond acceptors (Lipinski definition) is 4. The molecule has 0 saturated heterocycles. The summed E-state index contributed by atoms with van der Waals surface area (Å²) < 4.78 is 32.1. The molecule has 1 aliphatic heterocycles. The van der Waals surface area contributed by atoms with Gasteiger partial charge in [-0.15, -0.1) is 12.4 Å². The van der Waals surface area contributed by atoms with Crippen molar-refractivity contribution in [3.8, 4) is 0 Å². The van der Waals surface area contributed by atoms with Crippen molar-refractivity contribution < 1.29 is 12.8 Å². The predicted molar refractivity (Wildman–Crippen MR) is 106 cm³/mol. The van der Waals surface area contributed by atoms with Crippen molar-refractivity contribution in [2.75, 3.05) is 6.54 Å². The summed E-state index contributed by atoms with van der Waals surface area (Å²) in [6.45, 7) is 3.39. The minimum atomic E-state index is -3.73. The average Bonchev–Trinajstić information content (AvgIpc) is 2.93. The summed E-state index contributed by atoms with van der Waals surface area (Å²) in [5, 5.41) is 4.71. The van der Waals surface area contributed by atoms with Crippen molar-refractivity contribution >= 4 is 56.4 Å². The van der Waals surface area contributed by atoms with Crippen LogP contribution in [0.15, 0.2) is 44.5 Å². The maximum absolute atomic E-state index is 13.1. The zero-order valence-corrected chi connectivity index (χ0v) is 17.0. The fourth-order valence-electron chi connectivity index (χ4n) is 3.22. The van der Waals surface area contributed by atoms with Crippen molar-refractivity contribution in [3.63, 3.8) is 0 Å². The first-order valence-electron chi connectivity index (χ1n) is 7.83. The molecule has 0 spiro atoms. The maximum Gasteiger partial charge on any atom is 0.206 e. The van der Waals surface area contributed by atoms with Gasteiger partial charge in [0, 0.05) is 40.5 Å². The van der Waals surface area contributed by atoms with Crippen molar-refractivity contribution in [2.45, 2.75) is 29.7 Å². The Kier molecular flexibility index (Phi) is 5.30. The molecule has 1 aliphatic rings. The van der Waals surface area contributed by atoms with E-state index >= 15 is 0 Å². The van der Waals surface area contributed by atoms with Gasteiger partial charge in [-0.2, -0.15) is 0 Å². The number of sulfone groups is 1. The minimum Gasteiger partial charge on any atom is -0.460 e. The molecule has 2 aromatic carbocycles. The molecule has 8 heteroatoms. The standard InChI is InChI=1S/C18H15Cl2NO3S.ClH/c1-10-4-13(25(22,23)14-6-11(19)5-12(20)7-14)8-15-16-9-21-3-2-17(16)24-18(10)15;/h4-8,21H,2-3,9H2,1H3;1H. The summed E-state index contributed by atoms with van der Waals surface area (Å²) in [6, 6.07) is 7.65. The van der Waals surface area contributed by atoms with Crippen molar-refractivity contribution in [1.82, 2.24) is 5.32 Å². The summed E-state index contributed by atoms with van der Waals surface area (Å²) in [5.41, 5.74) is 2.57. The predicted octanol–water partition coefficient (Wildman–Crippen LogP) is 4.95. The molecule has 0 amide bonds. The van der Waals surface area contributed by atoms with Crippen LogP contribution in [0.4, 0.5) is 0 Å². The maximum atomic E-state index is 13.1. The molecule has 4 rings (SSSR count). The molecule has 0 saturated carbocycles. The van der Waals surface area contributed by atoms with Gasteiger partial charge >= 0.3 is 0 Å². The van der Waals surface area contributed by atoms with E-state index in [4.69, 9.17) is 27.6 Å². The Morgan fingerprint density at radius 2 is 1.69 bits per heavy atom. The molecule has 0 atom stereocenters. The number of fused-ring (bicyclic) bond motifs is 3. The van der Waals surface area contributed by atoms with E-state index in [0.29, 0.717) is 6.54 Å². The Morgan fingerprint density at radius 1 is 1.04 bits per heavy atom. The summed E-state index contributed by atoms with van der Waals surface area (Å²) >= 11 is 12.0. The second-order valence-corrected chi connectivity index (χ2v) is 8.98. The van der Waals surface area contributed by atoms with Crippen molar-refractivity contribution in [2.24, 2.45) is 0 Å². The van der Waals surface area contributed by atoms with E-state index in [1.807, 2.05) is 6.92 Å². The lowest BCUT2D eigenvalue weighted by molar-refractivity contribution is 0.499. The third-order valence-corrected chi connectivity index (χ3v) is 6.57. The van der Waals surface area contributed by atoms with E-state index in [-0.39, 0.29) is 32.2 Å². The molecule has 3 aromatic rings. The van der Waals surface area contributed by atoms with Crippen LogP contribution in [0.2, 0.25) is 10.0 Å². The Labute approximate surface area is 167 Å². The summed E-state index contributed by atoms with van der Waals surface area (Å²) in [4.78, 5) is 0.296. The molecule has 138 valence electrons. The fourth-order valence-corrected chi connectivity index (χ4v) is 5.32. The highest BCUT2D eigenvalue weighted by molar-refractivity contribution is 7.91. The number of benzene rings is 2. The first-order chi connectivity index (χ1) is 11.9. The molecule has 4 nitrogen and oxygen atoms in total. The number of aryl methyl sites for hydroxylation is 1. The van der Waals surface area contributed by atoms with Gasteiger partial charge in [0.15, 0.2) is 0 Å². The van der Waals surface area contributed by atoms with Crippen LogP contribution >= 0.6 is 35.6 Å². The highest BCUT2D eigenvalue weighted by Crippen LogP contribution is 2.35. The molecule has 0 aliphatic carbocycles.